The summed E-state index contributed by atoms with van der Waals surface area (Å²) in [5.41, 5.74) is 2.16. The number of thioether (sulfide) groups is 1. The smallest absolute Gasteiger partial charge is 0.241 e. The molecule has 1 aliphatic rings. The Balaban J connectivity index is 1.35. The molecule has 0 spiro atoms. The van der Waals surface area contributed by atoms with Crippen molar-refractivity contribution in [3.8, 4) is 11.3 Å². The molecule has 1 fully saturated rings. The fourth-order valence-corrected chi connectivity index (χ4v) is 7.52. The van der Waals surface area contributed by atoms with Crippen LogP contribution in [0.4, 0.5) is 0 Å². The number of hydrogen-bond acceptors (Lipinski definition) is 6. The molecule has 1 aromatic heterocycles. The molecule has 4 rings (SSSR count). The van der Waals surface area contributed by atoms with E-state index in [9.17, 15) is 13.2 Å². The number of aryl methyl sites for hydroxylation is 1. The van der Waals surface area contributed by atoms with Gasteiger partial charge in [-0.3, -0.25) is 4.79 Å². The molecule has 0 atom stereocenters. The second kappa shape index (κ2) is 10.9. The van der Waals surface area contributed by atoms with Crippen LogP contribution < -0.4 is 4.72 Å². The maximum absolute atomic E-state index is 12.8. The minimum absolute atomic E-state index is 0.0333. The SMILES string of the molecule is CNS(=O)(=O)c1ccccc1SCC(=O)N1CCC(c2nc(-c3ccc(Br)cc3)c(C)s2)CC1. The molecule has 1 N–H and O–H groups in total. The van der Waals surface area contributed by atoms with Crippen molar-refractivity contribution in [2.45, 2.75) is 35.5 Å². The summed E-state index contributed by atoms with van der Waals surface area (Å²) in [5, 5.41) is 1.14. The van der Waals surface area contributed by atoms with E-state index in [-0.39, 0.29) is 16.6 Å². The average molecular weight is 581 g/mol. The van der Waals surface area contributed by atoms with Gasteiger partial charge in [0, 0.05) is 38.8 Å². The number of thiazole rings is 1. The number of nitrogens with one attached hydrogen (secondary N) is 1. The number of rotatable bonds is 7. The minimum Gasteiger partial charge on any atom is -0.342 e. The first-order chi connectivity index (χ1) is 16.3. The molecule has 180 valence electrons. The lowest BCUT2D eigenvalue weighted by Crippen LogP contribution is -2.38. The van der Waals surface area contributed by atoms with Crippen LogP contribution in [-0.4, -0.2) is 50.1 Å². The van der Waals surface area contributed by atoms with Gasteiger partial charge in [0.2, 0.25) is 15.9 Å². The zero-order valence-corrected chi connectivity index (χ0v) is 23.0. The molecule has 3 aromatic rings. The normalized spacial score (nSPS) is 15.0. The van der Waals surface area contributed by atoms with Gasteiger partial charge in [0.1, 0.15) is 0 Å². The molecule has 0 bridgehead atoms. The molecule has 0 radical (unpaired) electrons. The Morgan fingerprint density at radius 1 is 1.18 bits per heavy atom. The molecule has 2 aromatic carbocycles. The number of benzene rings is 2. The second-order valence-electron chi connectivity index (χ2n) is 8.06. The summed E-state index contributed by atoms with van der Waals surface area (Å²) in [6.07, 6.45) is 1.77. The number of nitrogens with zero attached hydrogens (tertiary/aromatic N) is 2. The van der Waals surface area contributed by atoms with E-state index in [1.54, 1.807) is 35.6 Å². The molecule has 0 unspecified atom stereocenters. The molecular weight excluding hydrogens is 554 g/mol. The van der Waals surface area contributed by atoms with E-state index in [1.807, 2.05) is 17.0 Å². The molecule has 10 heteroatoms. The summed E-state index contributed by atoms with van der Waals surface area (Å²) >= 11 is 6.50. The Hall–Kier alpha value is -1.72. The summed E-state index contributed by atoms with van der Waals surface area (Å²) in [4.78, 5) is 21.7. The predicted molar refractivity (Wildman–Crippen MR) is 142 cm³/mol. The van der Waals surface area contributed by atoms with E-state index in [4.69, 9.17) is 4.98 Å². The largest absolute Gasteiger partial charge is 0.342 e. The standard InChI is InChI=1S/C24H26BrN3O3S3/c1-16-23(17-7-9-19(25)10-8-17)27-24(33-16)18-11-13-28(14-12-18)22(29)15-32-20-5-3-4-6-21(20)34(30,31)26-2/h3-10,18,26H,11-15H2,1-2H3. The van der Waals surface area contributed by atoms with E-state index in [0.717, 1.165) is 33.6 Å². The van der Waals surface area contributed by atoms with E-state index < -0.39 is 10.0 Å². The van der Waals surface area contributed by atoms with Gasteiger partial charge < -0.3 is 4.90 Å². The third-order valence-electron chi connectivity index (χ3n) is 5.89. The third-order valence-corrected chi connectivity index (χ3v) is 10.2. The van der Waals surface area contributed by atoms with Crippen molar-refractivity contribution in [1.29, 1.82) is 0 Å². The predicted octanol–water partition coefficient (Wildman–Crippen LogP) is 5.29. The number of amides is 1. The van der Waals surface area contributed by atoms with Crippen LogP contribution in [0.5, 0.6) is 0 Å². The van der Waals surface area contributed by atoms with Crippen LogP contribution in [0.15, 0.2) is 62.8 Å². The summed E-state index contributed by atoms with van der Waals surface area (Å²) in [6, 6.07) is 15.0. The molecule has 1 saturated heterocycles. The summed E-state index contributed by atoms with van der Waals surface area (Å²) < 4.78 is 27.9. The molecule has 0 saturated carbocycles. The number of hydrogen-bond donors (Lipinski definition) is 1. The lowest BCUT2D eigenvalue weighted by Gasteiger charge is -2.31. The number of carbonyl (C=O) groups excluding carboxylic acids is 1. The molecular formula is C24H26BrN3O3S3. The molecule has 34 heavy (non-hydrogen) atoms. The van der Waals surface area contributed by atoms with Gasteiger partial charge in [0.15, 0.2) is 0 Å². The van der Waals surface area contributed by atoms with E-state index in [2.05, 4.69) is 39.7 Å². The second-order valence-corrected chi connectivity index (χ2v) is 13.1. The number of piperidine rings is 1. The third kappa shape index (κ3) is 5.73. The Bertz CT molecular complexity index is 1270. The average Bonchev–Trinajstić information content (AvgIpc) is 3.24. The van der Waals surface area contributed by atoms with Crippen molar-refractivity contribution < 1.29 is 13.2 Å². The quantitative estimate of drug-likeness (QED) is 0.385. The van der Waals surface area contributed by atoms with Crippen LogP contribution in [0.25, 0.3) is 11.3 Å². The van der Waals surface area contributed by atoms with Gasteiger partial charge in [-0.05, 0) is 51.1 Å². The van der Waals surface area contributed by atoms with Gasteiger partial charge in [0.05, 0.1) is 21.3 Å². The zero-order valence-electron chi connectivity index (χ0n) is 19.0. The molecule has 1 amide bonds. The number of aromatic nitrogens is 1. The van der Waals surface area contributed by atoms with Crippen LogP contribution in [-0.2, 0) is 14.8 Å². The van der Waals surface area contributed by atoms with E-state index in [0.29, 0.717) is 23.9 Å². The van der Waals surface area contributed by atoms with Gasteiger partial charge in [0.25, 0.3) is 0 Å². The number of sulfonamides is 1. The fourth-order valence-electron chi connectivity index (χ4n) is 3.98. The Morgan fingerprint density at radius 3 is 2.53 bits per heavy atom. The monoisotopic (exact) mass is 579 g/mol. The topological polar surface area (TPSA) is 79.4 Å². The highest BCUT2D eigenvalue weighted by atomic mass is 79.9. The van der Waals surface area contributed by atoms with Crippen LogP contribution in [0.3, 0.4) is 0 Å². The number of likely N-dealkylation sites (tertiary alicyclic amines) is 1. The molecule has 1 aliphatic heterocycles. The van der Waals surface area contributed by atoms with E-state index in [1.165, 1.54) is 23.7 Å². The first-order valence-electron chi connectivity index (χ1n) is 10.9. The number of carbonyl (C=O) groups is 1. The summed E-state index contributed by atoms with van der Waals surface area (Å²) in [5.74, 6) is 0.599. The fraction of sp³-hybridized carbons (Fsp3) is 0.333. The maximum Gasteiger partial charge on any atom is 0.241 e. The molecule has 2 heterocycles. The Morgan fingerprint density at radius 2 is 1.85 bits per heavy atom. The van der Waals surface area contributed by atoms with Crippen molar-refractivity contribution in [1.82, 2.24) is 14.6 Å². The van der Waals surface area contributed by atoms with Crippen LogP contribution in [0.2, 0.25) is 0 Å². The van der Waals surface area contributed by atoms with Crippen molar-refractivity contribution in [3.05, 3.63) is 62.9 Å². The summed E-state index contributed by atoms with van der Waals surface area (Å²) in [6.45, 7) is 3.49. The molecule has 0 aliphatic carbocycles. The summed E-state index contributed by atoms with van der Waals surface area (Å²) in [7, 11) is -2.18. The van der Waals surface area contributed by atoms with Gasteiger partial charge in [-0.15, -0.1) is 23.1 Å². The van der Waals surface area contributed by atoms with E-state index >= 15 is 0 Å². The minimum atomic E-state index is -3.57. The highest BCUT2D eigenvalue weighted by Gasteiger charge is 2.27. The van der Waals surface area contributed by atoms with Crippen LogP contribution >= 0.6 is 39.0 Å². The van der Waals surface area contributed by atoms with Crippen LogP contribution in [0, 0.1) is 6.92 Å². The first-order valence-corrected chi connectivity index (χ1v) is 15.0. The van der Waals surface area contributed by atoms with Crippen molar-refractivity contribution >= 4 is 55.0 Å². The first kappa shape index (κ1) is 25.4. The highest BCUT2D eigenvalue weighted by Crippen LogP contribution is 2.36. The van der Waals surface area contributed by atoms with Crippen molar-refractivity contribution in [3.63, 3.8) is 0 Å². The highest BCUT2D eigenvalue weighted by molar-refractivity contribution is 9.10. The Labute approximate surface area is 217 Å². The van der Waals surface area contributed by atoms with Gasteiger partial charge in [-0.25, -0.2) is 18.1 Å². The maximum atomic E-state index is 12.8. The van der Waals surface area contributed by atoms with Gasteiger partial charge in [-0.2, -0.15) is 0 Å². The van der Waals surface area contributed by atoms with Crippen LogP contribution in [0.1, 0.15) is 28.6 Å². The molecule has 6 nitrogen and oxygen atoms in total. The lowest BCUT2D eigenvalue weighted by atomic mass is 9.97. The lowest BCUT2D eigenvalue weighted by molar-refractivity contribution is -0.129. The van der Waals surface area contributed by atoms with Gasteiger partial charge in [-0.1, -0.05) is 40.2 Å². The number of halogens is 1. The Kier molecular flexibility index (Phi) is 8.14. The van der Waals surface area contributed by atoms with Crippen molar-refractivity contribution in [2.24, 2.45) is 0 Å². The van der Waals surface area contributed by atoms with Crippen molar-refractivity contribution in [2.75, 3.05) is 25.9 Å². The van der Waals surface area contributed by atoms with Gasteiger partial charge >= 0.3 is 0 Å². The zero-order chi connectivity index (χ0) is 24.3.